The number of hydrogen-bond donors (Lipinski definition) is 2. The Balaban J connectivity index is 1.52. The number of rotatable bonds is 6. The average molecular weight is 443 g/mol. The van der Waals surface area contributed by atoms with Gasteiger partial charge in [-0.15, -0.1) is 0 Å². The lowest BCUT2D eigenvalue weighted by molar-refractivity contribution is -0.137. The van der Waals surface area contributed by atoms with Crippen LogP contribution in [-0.4, -0.2) is 27.6 Å². The standard InChI is InChI=1S/C24H24ClFN2O3/c1-14-3-2-4-15(9-14)5-8-22(29)27-17-6-7-21-18(12-17)19-10-16(26)11-20(25)24(19)28(21)13-23(30)31/h2-4,9-11,17H,5-8,12-13H2,1H3,(H,27,29)(H,30,31). The van der Waals surface area contributed by atoms with E-state index in [1.165, 1.54) is 17.7 Å². The second-order valence-corrected chi connectivity index (χ2v) is 8.59. The third-order valence-corrected chi connectivity index (χ3v) is 6.15. The van der Waals surface area contributed by atoms with E-state index in [4.69, 9.17) is 11.6 Å². The molecule has 4 rings (SSSR count). The lowest BCUT2D eigenvalue weighted by Gasteiger charge is -2.25. The molecule has 0 fully saturated rings. The van der Waals surface area contributed by atoms with Crippen molar-refractivity contribution in [2.24, 2.45) is 0 Å². The molecule has 1 aliphatic rings. The van der Waals surface area contributed by atoms with E-state index in [-0.39, 0.29) is 23.5 Å². The molecule has 1 unspecified atom stereocenters. The molecule has 3 aromatic rings. The van der Waals surface area contributed by atoms with Crippen LogP contribution in [0.15, 0.2) is 36.4 Å². The molecule has 0 radical (unpaired) electrons. The predicted molar refractivity (Wildman–Crippen MR) is 118 cm³/mol. The minimum Gasteiger partial charge on any atom is -0.480 e. The molecule has 31 heavy (non-hydrogen) atoms. The van der Waals surface area contributed by atoms with Crippen LogP contribution in [0.1, 0.15) is 35.2 Å². The molecule has 2 aromatic carbocycles. The summed E-state index contributed by atoms with van der Waals surface area (Å²) in [6.07, 6.45) is 2.88. The number of hydrogen-bond acceptors (Lipinski definition) is 2. The molecule has 1 aromatic heterocycles. The second kappa shape index (κ2) is 8.71. The molecule has 5 nitrogen and oxygen atoms in total. The first-order valence-corrected chi connectivity index (χ1v) is 10.8. The number of benzene rings is 2. The highest BCUT2D eigenvalue weighted by molar-refractivity contribution is 6.35. The quantitative estimate of drug-likeness (QED) is 0.593. The summed E-state index contributed by atoms with van der Waals surface area (Å²) < 4.78 is 15.7. The Labute approximate surface area is 184 Å². The van der Waals surface area contributed by atoms with Crippen LogP contribution in [0, 0.1) is 12.7 Å². The van der Waals surface area contributed by atoms with Gasteiger partial charge >= 0.3 is 5.97 Å². The third kappa shape index (κ3) is 4.59. The van der Waals surface area contributed by atoms with Gasteiger partial charge < -0.3 is 15.0 Å². The molecule has 1 heterocycles. The zero-order chi connectivity index (χ0) is 22.1. The SMILES string of the molecule is Cc1cccc(CCC(=O)NC2CCc3c(c4cc(F)cc(Cl)c4n3CC(=O)O)C2)c1. The highest BCUT2D eigenvalue weighted by Crippen LogP contribution is 2.36. The smallest absolute Gasteiger partial charge is 0.323 e. The number of amides is 1. The van der Waals surface area contributed by atoms with Gasteiger partial charge in [-0.2, -0.15) is 0 Å². The van der Waals surface area contributed by atoms with Gasteiger partial charge in [-0.1, -0.05) is 41.4 Å². The Bertz CT molecular complexity index is 1170. The number of carbonyl (C=O) groups is 2. The van der Waals surface area contributed by atoms with Crippen LogP contribution in [0.4, 0.5) is 4.39 Å². The summed E-state index contributed by atoms with van der Waals surface area (Å²) in [5, 5.41) is 13.3. The molecule has 1 aliphatic carbocycles. The Morgan fingerprint density at radius 3 is 2.84 bits per heavy atom. The average Bonchev–Trinajstić information content (AvgIpc) is 2.99. The Morgan fingerprint density at radius 1 is 1.29 bits per heavy atom. The first-order valence-electron chi connectivity index (χ1n) is 10.4. The number of aliphatic carboxylic acids is 1. The van der Waals surface area contributed by atoms with E-state index in [1.54, 1.807) is 4.57 Å². The van der Waals surface area contributed by atoms with Crippen LogP contribution >= 0.6 is 11.6 Å². The minimum atomic E-state index is -0.980. The van der Waals surface area contributed by atoms with Crippen LogP contribution in [0.25, 0.3) is 10.9 Å². The molecule has 0 spiro atoms. The van der Waals surface area contributed by atoms with Crippen LogP contribution in [0.5, 0.6) is 0 Å². The van der Waals surface area contributed by atoms with Crippen LogP contribution in [-0.2, 0) is 35.4 Å². The van der Waals surface area contributed by atoms with Crippen molar-refractivity contribution < 1.29 is 19.1 Å². The van der Waals surface area contributed by atoms with Crippen molar-refractivity contribution in [2.45, 2.75) is 51.6 Å². The lowest BCUT2D eigenvalue weighted by atomic mass is 9.91. The molecule has 0 saturated heterocycles. The third-order valence-electron chi connectivity index (χ3n) is 5.86. The first-order chi connectivity index (χ1) is 14.8. The molecule has 162 valence electrons. The van der Waals surface area contributed by atoms with E-state index >= 15 is 0 Å². The molecule has 0 aliphatic heterocycles. The number of carboxylic acid groups (broad SMARTS) is 1. The zero-order valence-corrected chi connectivity index (χ0v) is 18.0. The summed E-state index contributed by atoms with van der Waals surface area (Å²) >= 11 is 6.28. The fourth-order valence-electron chi connectivity index (χ4n) is 4.56. The van der Waals surface area contributed by atoms with Gasteiger partial charge in [0.15, 0.2) is 0 Å². The van der Waals surface area contributed by atoms with Crippen LogP contribution in [0.2, 0.25) is 5.02 Å². The normalized spacial score (nSPS) is 15.6. The van der Waals surface area contributed by atoms with Crippen LogP contribution in [0.3, 0.4) is 0 Å². The van der Waals surface area contributed by atoms with Crippen molar-refractivity contribution in [3.05, 3.63) is 69.6 Å². The van der Waals surface area contributed by atoms with Gasteiger partial charge in [-0.25, -0.2) is 4.39 Å². The van der Waals surface area contributed by atoms with Crippen molar-refractivity contribution in [1.29, 1.82) is 0 Å². The summed E-state index contributed by atoms with van der Waals surface area (Å²) in [5.74, 6) is -1.46. The minimum absolute atomic E-state index is 0.0200. The number of nitrogens with zero attached hydrogens (tertiary/aromatic N) is 1. The number of nitrogens with one attached hydrogen (secondary N) is 1. The van der Waals surface area contributed by atoms with Gasteiger partial charge in [-0.3, -0.25) is 9.59 Å². The van der Waals surface area contributed by atoms with E-state index in [9.17, 15) is 19.1 Å². The number of aromatic nitrogens is 1. The topological polar surface area (TPSA) is 71.3 Å². The summed E-state index contributed by atoms with van der Waals surface area (Å²) in [6.45, 7) is 1.80. The first kappa shape index (κ1) is 21.4. The Morgan fingerprint density at radius 2 is 2.10 bits per heavy atom. The maximum Gasteiger partial charge on any atom is 0.323 e. The monoisotopic (exact) mass is 442 g/mol. The summed E-state index contributed by atoms with van der Waals surface area (Å²) in [4.78, 5) is 23.9. The predicted octanol–water partition coefficient (Wildman–Crippen LogP) is 4.43. The van der Waals surface area contributed by atoms with E-state index in [0.29, 0.717) is 43.0 Å². The molecule has 1 atom stereocenters. The highest BCUT2D eigenvalue weighted by atomic mass is 35.5. The van der Waals surface area contributed by atoms with Crippen molar-refractivity contribution >= 4 is 34.4 Å². The van der Waals surface area contributed by atoms with Gasteiger partial charge in [0.2, 0.25) is 5.91 Å². The van der Waals surface area contributed by atoms with E-state index < -0.39 is 11.8 Å². The zero-order valence-electron chi connectivity index (χ0n) is 17.3. The summed E-state index contributed by atoms with van der Waals surface area (Å²) in [5.41, 5.74) is 4.56. The maximum atomic E-state index is 14.1. The van der Waals surface area contributed by atoms with Gasteiger partial charge in [0.05, 0.1) is 10.5 Å². The second-order valence-electron chi connectivity index (χ2n) is 8.19. The van der Waals surface area contributed by atoms with Crippen molar-refractivity contribution in [2.75, 3.05) is 0 Å². The number of carbonyl (C=O) groups excluding carboxylic acids is 1. The molecule has 7 heteroatoms. The molecular formula is C24H24ClFN2O3. The number of halogens is 2. The molecule has 1 amide bonds. The fourth-order valence-corrected chi connectivity index (χ4v) is 4.86. The van der Waals surface area contributed by atoms with Gasteiger partial charge in [-0.05, 0) is 55.9 Å². The van der Waals surface area contributed by atoms with Gasteiger partial charge in [0, 0.05) is 23.5 Å². The number of carboxylic acids is 1. The highest BCUT2D eigenvalue weighted by Gasteiger charge is 2.28. The van der Waals surface area contributed by atoms with Crippen molar-refractivity contribution in [3.8, 4) is 0 Å². The number of fused-ring (bicyclic) bond motifs is 3. The fraction of sp³-hybridized carbons (Fsp3) is 0.333. The van der Waals surface area contributed by atoms with Crippen molar-refractivity contribution in [3.63, 3.8) is 0 Å². The molecule has 0 saturated carbocycles. The molecular weight excluding hydrogens is 419 g/mol. The summed E-state index contributed by atoms with van der Waals surface area (Å²) in [6, 6.07) is 10.6. The maximum absolute atomic E-state index is 14.1. The molecule has 0 bridgehead atoms. The van der Waals surface area contributed by atoms with Crippen LogP contribution < -0.4 is 5.32 Å². The Hall–Kier alpha value is -2.86. The summed E-state index contributed by atoms with van der Waals surface area (Å²) in [7, 11) is 0. The van der Waals surface area contributed by atoms with Crippen molar-refractivity contribution in [1.82, 2.24) is 9.88 Å². The number of aryl methyl sites for hydroxylation is 2. The lowest BCUT2D eigenvalue weighted by Crippen LogP contribution is -2.39. The van der Waals surface area contributed by atoms with Gasteiger partial charge in [0.25, 0.3) is 0 Å². The largest absolute Gasteiger partial charge is 0.480 e. The van der Waals surface area contributed by atoms with E-state index in [1.807, 2.05) is 25.1 Å². The van der Waals surface area contributed by atoms with Gasteiger partial charge in [0.1, 0.15) is 12.4 Å². The Kier molecular flexibility index (Phi) is 6.01. The van der Waals surface area contributed by atoms with E-state index in [2.05, 4.69) is 11.4 Å². The van der Waals surface area contributed by atoms with E-state index in [0.717, 1.165) is 16.8 Å². The molecule has 2 N–H and O–H groups in total.